The van der Waals surface area contributed by atoms with Crippen LogP contribution in [0.25, 0.3) is 0 Å². The Hall–Kier alpha value is -1.54. The second kappa shape index (κ2) is 23.1. The van der Waals surface area contributed by atoms with Gasteiger partial charge in [0.15, 0.2) is 0 Å². The van der Waals surface area contributed by atoms with Gasteiger partial charge in [0.25, 0.3) is 0 Å². The molecule has 0 fully saturated rings. The van der Waals surface area contributed by atoms with Crippen molar-refractivity contribution in [1.29, 1.82) is 0 Å². The maximum Gasteiger partial charge on any atom is 0.132 e. The Morgan fingerprint density at radius 1 is 0.625 bits per heavy atom. The van der Waals surface area contributed by atoms with Crippen molar-refractivity contribution in [2.24, 2.45) is 4.99 Å². The SMILES string of the molecule is CC=NCCCC(O)CC(O)CC=CC(O)CC(O)CC(O)CC(O)CC=CC(O)CC(O)CC(O)CC(C)=O. The number of Topliss-reactive ketones (excluding diaryl/α,β-unsaturated/α-hetero) is 1. The number of hydrogen-bond donors (Lipinski definition) is 9. The molecule has 0 aromatic rings. The third-order valence-corrected chi connectivity index (χ3v) is 6.27. The van der Waals surface area contributed by atoms with Crippen molar-refractivity contribution in [2.75, 3.05) is 6.54 Å². The molecule has 9 unspecified atom stereocenters. The Morgan fingerprint density at radius 3 is 1.52 bits per heavy atom. The molecule has 0 heterocycles. The van der Waals surface area contributed by atoms with E-state index in [2.05, 4.69) is 4.99 Å². The lowest BCUT2D eigenvalue weighted by atomic mass is 9.99. The first-order chi connectivity index (χ1) is 18.8. The van der Waals surface area contributed by atoms with Gasteiger partial charge in [0.2, 0.25) is 0 Å². The number of aliphatic imine (C=N–C) groups is 1. The van der Waals surface area contributed by atoms with E-state index < -0.39 is 54.9 Å². The number of nitrogens with zero attached hydrogens (tertiary/aromatic N) is 1. The highest BCUT2D eigenvalue weighted by molar-refractivity contribution is 5.75. The number of aliphatic hydroxyl groups excluding tert-OH is 9. The largest absolute Gasteiger partial charge is 0.393 e. The molecule has 0 saturated carbocycles. The highest BCUT2D eigenvalue weighted by atomic mass is 16.3. The summed E-state index contributed by atoms with van der Waals surface area (Å²) >= 11 is 0. The molecule has 0 aromatic carbocycles. The summed E-state index contributed by atoms with van der Waals surface area (Å²) in [6.07, 6.45) is 0.957. The van der Waals surface area contributed by atoms with Gasteiger partial charge in [-0.2, -0.15) is 0 Å². The maximum atomic E-state index is 11.0. The average molecular weight is 576 g/mol. The lowest BCUT2D eigenvalue weighted by Crippen LogP contribution is -2.25. The van der Waals surface area contributed by atoms with Gasteiger partial charge in [-0.05, 0) is 71.4 Å². The highest BCUT2D eigenvalue weighted by Gasteiger charge is 2.19. The van der Waals surface area contributed by atoms with Gasteiger partial charge in [-0.25, -0.2) is 0 Å². The molecule has 0 aliphatic rings. The summed E-state index contributed by atoms with van der Waals surface area (Å²) in [6, 6.07) is 0. The minimum absolute atomic E-state index is 0.0252. The summed E-state index contributed by atoms with van der Waals surface area (Å²) < 4.78 is 0. The second-order valence-electron chi connectivity index (χ2n) is 10.7. The van der Waals surface area contributed by atoms with Gasteiger partial charge in [-0.3, -0.25) is 9.79 Å². The standard InChI is InChI=1S/C29H53NO10/c1-3-30-12-6-11-25(36)14-21(32)7-4-8-23(34)16-28(39)19-29(40)17-24(35)10-5-9-22(33)15-27(38)18-26(37)13-20(2)31/h3-5,8-9,21-29,32-40H,6-7,10-19H2,1-2H3. The molecule has 0 aliphatic heterocycles. The lowest BCUT2D eigenvalue weighted by molar-refractivity contribution is -0.119. The predicted molar refractivity (Wildman–Crippen MR) is 153 cm³/mol. The molecule has 0 amide bonds. The van der Waals surface area contributed by atoms with E-state index in [1.54, 1.807) is 12.3 Å². The Kier molecular flexibility index (Phi) is 22.2. The van der Waals surface area contributed by atoms with Crippen molar-refractivity contribution in [2.45, 2.75) is 139 Å². The fourth-order valence-corrected chi connectivity index (χ4v) is 4.32. The van der Waals surface area contributed by atoms with E-state index in [1.165, 1.54) is 25.2 Å². The third-order valence-electron chi connectivity index (χ3n) is 6.27. The van der Waals surface area contributed by atoms with Gasteiger partial charge in [0.1, 0.15) is 5.78 Å². The van der Waals surface area contributed by atoms with Crippen molar-refractivity contribution in [3.63, 3.8) is 0 Å². The number of ketones is 1. The number of hydrogen-bond acceptors (Lipinski definition) is 11. The summed E-state index contributed by atoms with van der Waals surface area (Å²) in [5.74, 6) is -0.193. The summed E-state index contributed by atoms with van der Waals surface area (Å²) in [5.41, 5.74) is 0. The monoisotopic (exact) mass is 575 g/mol. The van der Waals surface area contributed by atoms with Crippen molar-refractivity contribution in [3.8, 4) is 0 Å². The summed E-state index contributed by atoms with van der Waals surface area (Å²) in [6.45, 7) is 3.81. The van der Waals surface area contributed by atoms with Crippen LogP contribution in [0, 0.1) is 0 Å². The first-order valence-electron chi connectivity index (χ1n) is 14.2. The summed E-state index contributed by atoms with van der Waals surface area (Å²) in [5, 5.41) is 90.1. The topological polar surface area (TPSA) is 211 Å². The van der Waals surface area contributed by atoms with Crippen molar-refractivity contribution in [1.82, 2.24) is 0 Å². The Morgan fingerprint density at radius 2 is 1.05 bits per heavy atom. The fraction of sp³-hybridized carbons (Fsp3) is 0.793. The second-order valence-corrected chi connectivity index (χ2v) is 10.7. The molecule has 9 N–H and O–H groups in total. The molecule has 0 spiro atoms. The number of aliphatic hydroxyl groups is 9. The molecular formula is C29H53NO10. The molecule has 0 aliphatic carbocycles. The highest BCUT2D eigenvalue weighted by Crippen LogP contribution is 2.15. The predicted octanol–water partition coefficient (Wildman–Crippen LogP) is 0.318. The summed E-state index contributed by atoms with van der Waals surface area (Å²) in [7, 11) is 0. The molecule has 234 valence electrons. The van der Waals surface area contributed by atoms with Crippen LogP contribution in [0.15, 0.2) is 29.3 Å². The van der Waals surface area contributed by atoms with Crippen LogP contribution in [0.2, 0.25) is 0 Å². The molecule has 11 nitrogen and oxygen atoms in total. The van der Waals surface area contributed by atoms with Crippen molar-refractivity contribution >= 4 is 12.0 Å². The molecule has 0 bridgehead atoms. The van der Waals surface area contributed by atoms with Crippen LogP contribution in [0.1, 0.15) is 84.5 Å². The van der Waals surface area contributed by atoms with Crippen molar-refractivity contribution in [3.05, 3.63) is 24.3 Å². The Balaban J connectivity index is 4.20. The van der Waals surface area contributed by atoms with Crippen LogP contribution >= 0.6 is 0 Å². The van der Waals surface area contributed by atoms with E-state index in [4.69, 9.17) is 0 Å². The van der Waals surface area contributed by atoms with Gasteiger partial charge in [-0.15, -0.1) is 0 Å². The first kappa shape index (κ1) is 38.5. The zero-order chi connectivity index (χ0) is 30.5. The van der Waals surface area contributed by atoms with Crippen LogP contribution in [-0.2, 0) is 4.79 Å². The van der Waals surface area contributed by atoms with Crippen LogP contribution in [0.3, 0.4) is 0 Å². The molecule has 11 heteroatoms. The average Bonchev–Trinajstić information content (AvgIpc) is 2.80. The van der Waals surface area contributed by atoms with Gasteiger partial charge >= 0.3 is 0 Å². The number of carbonyl (C=O) groups excluding carboxylic acids is 1. The molecule has 0 rings (SSSR count). The molecule has 0 radical (unpaired) electrons. The number of carbonyl (C=O) groups is 1. The Bertz CT molecular complexity index is 732. The molecule has 9 atom stereocenters. The van der Waals surface area contributed by atoms with E-state index >= 15 is 0 Å². The minimum Gasteiger partial charge on any atom is -0.393 e. The maximum absolute atomic E-state index is 11.0. The lowest BCUT2D eigenvalue weighted by Gasteiger charge is -2.19. The van der Waals surface area contributed by atoms with Gasteiger partial charge in [-0.1, -0.05) is 24.3 Å². The van der Waals surface area contributed by atoms with E-state index in [0.717, 1.165) is 6.42 Å². The van der Waals surface area contributed by atoms with Crippen LogP contribution in [0.5, 0.6) is 0 Å². The smallest absolute Gasteiger partial charge is 0.132 e. The zero-order valence-corrected chi connectivity index (χ0v) is 23.9. The van der Waals surface area contributed by atoms with Gasteiger partial charge in [0, 0.05) is 25.8 Å². The fourth-order valence-electron chi connectivity index (χ4n) is 4.32. The first-order valence-corrected chi connectivity index (χ1v) is 14.2. The van der Waals surface area contributed by atoms with Crippen LogP contribution in [-0.4, -0.2) is 119 Å². The van der Waals surface area contributed by atoms with Crippen molar-refractivity contribution < 1.29 is 50.8 Å². The quantitative estimate of drug-likeness (QED) is 0.0437. The van der Waals surface area contributed by atoms with E-state index in [1.807, 2.05) is 6.92 Å². The molecular weight excluding hydrogens is 522 g/mol. The number of rotatable bonds is 24. The molecule has 40 heavy (non-hydrogen) atoms. The molecule has 0 saturated heterocycles. The zero-order valence-electron chi connectivity index (χ0n) is 23.9. The van der Waals surface area contributed by atoms with E-state index in [9.17, 15) is 50.8 Å². The third kappa shape index (κ3) is 23.2. The molecule has 0 aromatic heterocycles. The van der Waals surface area contributed by atoms with Gasteiger partial charge < -0.3 is 46.0 Å². The van der Waals surface area contributed by atoms with E-state index in [0.29, 0.717) is 13.0 Å². The van der Waals surface area contributed by atoms with Crippen LogP contribution in [0.4, 0.5) is 0 Å². The normalized spacial score (nSPS) is 19.5. The van der Waals surface area contributed by atoms with E-state index in [-0.39, 0.29) is 63.6 Å². The Labute approximate surface area is 238 Å². The summed E-state index contributed by atoms with van der Waals surface area (Å²) in [4.78, 5) is 15.0. The van der Waals surface area contributed by atoms with Crippen LogP contribution < -0.4 is 0 Å². The van der Waals surface area contributed by atoms with Gasteiger partial charge in [0.05, 0.1) is 54.9 Å². The minimum atomic E-state index is -1.02.